The molecule has 7 heteroatoms. The second-order valence-electron chi connectivity index (χ2n) is 9.40. The summed E-state index contributed by atoms with van der Waals surface area (Å²) in [6.07, 6.45) is 0. The Bertz CT molecular complexity index is 1500. The Hall–Kier alpha value is -2.87. The van der Waals surface area contributed by atoms with Gasteiger partial charge in [0.1, 0.15) is 5.58 Å². The summed E-state index contributed by atoms with van der Waals surface area (Å²) in [7, 11) is -3.95. The molecule has 0 aliphatic heterocycles. The van der Waals surface area contributed by atoms with Gasteiger partial charge in [0.05, 0.1) is 16.9 Å². The molecule has 0 radical (unpaired) electrons. The topological polar surface area (TPSA) is 73.6 Å². The van der Waals surface area contributed by atoms with E-state index in [1.165, 1.54) is 29.5 Å². The zero-order chi connectivity index (χ0) is 25.2. The number of hydrogen-bond donors (Lipinski definition) is 0. The van der Waals surface area contributed by atoms with Gasteiger partial charge in [0.15, 0.2) is 10.5 Å². The standard InChI is InChI=1S/C28H28O5S2/c1-19-26(29)25-21(17-32-35(30,31)23-10-6-5-7-11-23)9-8-12-24(25)33-27(19)34-18-20-13-15-22(16-14-20)28(2,3)4/h5-16H,17-18H2,1-4H3. The van der Waals surface area contributed by atoms with Gasteiger partial charge in [-0.25, -0.2) is 0 Å². The predicted octanol–water partition coefficient (Wildman–Crippen LogP) is 6.60. The first kappa shape index (κ1) is 25.2. The third-order valence-corrected chi connectivity index (χ3v) is 8.19. The predicted molar refractivity (Wildman–Crippen MR) is 140 cm³/mol. The Morgan fingerprint density at radius 2 is 1.60 bits per heavy atom. The van der Waals surface area contributed by atoms with Gasteiger partial charge in [0.25, 0.3) is 10.1 Å². The van der Waals surface area contributed by atoms with Crippen molar-refractivity contribution < 1.29 is 17.0 Å². The summed E-state index contributed by atoms with van der Waals surface area (Å²) >= 11 is 1.47. The number of hydrogen-bond acceptors (Lipinski definition) is 6. The minimum absolute atomic E-state index is 0.0673. The van der Waals surface area contributed by atoms with Gasteiger partial charge in [-0.05, 0) is 47.2 Å². The van der Waals surface area contributed by atoms with Crippen molar-refractivity contribution in [2.24, 2.45) is 0 Å². The van der Waals surface area contributed by atoms with E-state index in [0.29, 0.717) is 32.9 Å². The molecule has 0 saturated heterocycles. The van der Waals surface area contributed by atoms with E-state index in [1.807, 2.05) is 0 Å². The zero-order valence-corrected chi connectivity index (χ0v) is 21.8. The SMILES string of the molecule is Cc1c(SCc2ccc(C(C)(C)C)cc2)oc2cccc(COS(=O)(=O)c3ccccc3)c2c1=O. The summed E-state index contributed by atoms with van der Waals surface area (Å²) in [6.45, 7) is 8.01. The maximum absolute atomic E-state index is 13.3. The minimum Gasteiger partial charge on any atom is -0.449 e. The maximum Gasteiger partial charge on any atom is 0.297 e. The summed E-state index contributed by atoms with van der Waals surface area (Å²) in [4.78, 5) is 13.3. The van der Waals surface area contributed by atoms with Crippen LogP contribution in [-0.2, 0) is 32.1 Å². The van der Waals surface area contributed by atoms with Crippen LogP contribution in [0.2, 0.25) is 0 Å². The molecule has 4 aromatic rings. The van der Waals surface area contributed by atoms with Gasteiger partial charge >= 0.3 is 0 Å². The van der Waals surface area contributed by atoms with Gasteiger partial charge in [-0.2, -0.15) is 8.42 Å². The Labute approximate surface area is 210 Å². The summed E-state index contributed by atoms with van der Waals surface area (Å²) in [5.41, 5.74) is 3.68. The van der Waals surface area contributed by atoms with Crippen LogP contribution >= 0.6 is 11.8 Å². The Morgan fingerprint density at radius 3 is 2.26 bits per heavy atom. The summed E-state index contributed by atoms with van der Waals surface area (Å²) < 4.78 is 36.4. The highest BCUT2D eigenvalue weighted by Crippen LogP contribution is 2.30. The third-order valence-electron chi connectivity index (χ3n) is 5.78. The molecule has 0 amide bonds. The van der Waals surface area contributed by atoms with Gasteiger partial charge in [0.2, 0.25) is 0 Å². The lowest BCUT2D eigenvalue weighted by Gasteiger charge is -2.19. The molecule has 0 spiro atoms. The highest BCUT2D eigenvalue weighted by molar-refractivity contribution is 7.98. The van der Waals surface area contributed by atoms with Gasteiger partial charge in [-0.3, -0.25) is 8.98 Å². The van der Waals surface area contributed by atoms with Crippen LogP contribution in [0.1, 0.15) is 43.0 Å². The van der Waals surface area contributed by atoms with E-state index in [4.69, 9.17) is 8.60 Å². The lowest BCUT2D eigenvalue weighted by atomic mass is 9.87. The fourth-order valence-electron chi connectivity index (χ4n) is 3.68. The van der Waals surface area contributed by atoms with Crippen LogP contribution in [-0.4, -0.2) is 8.42 Å². The van der Waals surface area contributed by atoms with Crippen LogP contribution in [0.4, 0.5) is 0 Å². The van der Waals surface area contributed by atoms with E-state index < -0.39 is 10.1 Å². The average molecular weight is 509 g/mol. The lowest BCUT2D eigenvalue weighted by molar-refractivity contribution is 0.309. The van der Waals surface area contributed by atoms with Crippen molar-refractivity contribution in [2.45, 2.75) is 55.5 Å². The van der Waals surface area contributed by atoms with E-state index in [-0.39, 0.29) is 22.3 Å². The van der Waals surface area contributed by atoms with Crippen molar-refractivity contribution >= 4 is 32.8 Å². The van der Waals surface area contributed by atoms with E-state index in [0.717, 1.165) is 5.56 Å². The number of thioether (sulfide) groups is 1. The Balaban J connectivity index is 1.57. The van der Waals surface area contributed by atoms with Gasteiger partial charge in [0, 0.05) is 11.3 Å². The number of rotatable bonds is 7. The molecule has 1 aromatic heterocycles. The van der Waals surface area contributed by atoms with Gasteiger partial charge in [-0.15, -0.1) is 0 Å². The Morgan fingerprint density at radius 1 is 0.914 bits per heavy atom. The first-order chi connectivity index (χ1) is 16.6. The van der Waals surface area contributed by atoms with Crippen molar-refractivity contribution in [1.82, 2.24) is 0 Å². The van der Waals surface area contributed by atoms with Crippen LogP contribution in [0, 0.1) is 6.92 Å². The molecule has 182 valence electrons. The first-order valence-electron chi connectivity index (χ1n) is 11.3. The quantitative estimate of drug-likeness (QED) is 0.207. The smallest absolute Gasteiger partial charge is 0.297 e. The molecule has 5 nitrogen and oxygen atoms in total. The molecule has 0 saturated carbocycles. The van der Waals surface area contributed by atoms with E-state index >= 15 is 0 Å². The van der Waals surface area contributed by atoms with Crippen LogP contribution < -0.4 is 5.43 Å². The van der Waals surface area contributed by atoms with Crippen molar-refractivity contribution in [2.75, 3.05) is 0 Å². The Kier molecular flexibility index (Phi) is 7.22. The summed E-state index contributed by atoms with van der Waals surface area (Å²) in [6, 6.07) is 21.5. The molecule has 0 aliphatic rings. The fourth-order valence-corrected chi connectivity index (χ4v) is 5.54. The number of fused-ring (bicyclic) bond motifs is 1. The van der Waals surface area contributed by atoms with Crippen molar-refractivity contribution in [1.29, 1.82) is 0 Å². The number of benzene rings is 3. The van der Waals surface area contributed by atoms with Crippen molar-refractivity contribution in [3.05, 3.63) is 105 Å². The molecule has 0 aliphatic carbocycles. The molecular weight excluding hydrogens is 480 g/mol. The molecule has 1 heterocycles. The summed E-state index contributed by atoms with van der Waals surface area (Å²) in [5, 5.41) is 0.893. The third kappa shape index (κ3) is 5.69. The second kappa shape index (κ2) is 10.0. The monoisotopic (exact) mass is 508 g/mol. The van der Waals surface area contributed by atoms with Crippen LogP contribution in [0.15, 0.2) is 92.0 Å². The van der Waals surface area contributed by atoms with E-state index in [2.05, 4.69) is 45.0 Å². The van der Waals surface area contributed by atoms with Crippen LogP contribution in [0.3, 0.4) is 0 Å². The molecule has 35 heavy (non-hydrogen) atoms. The molecule has 3 aromatic carbocycles. The highest BCUT2D eigenvalue weighted by Gasteiger charge is 2.19. The fraction of sp³-hybridized carbons (Fsp3) is 0.250. The largest absolute Gasteiger partial charge is 0.449 e. The molecule has 0 bridgehead atoms. The van der Waals surface area contributed by atoms with E-state index in [1.54, 1.807) is 43.3 Å². The molecule has 4 rings (SSSR count). The maximum atomic E-state index is 13.3. The zero-order valence-electron chi connectivity index (χ0n) is 20.2. The summed E-state index contributed by atoms with van der Waals surface area (Å²) in [5.74, 6) is 0.665. The van der Waals surface area contributed by atoms with Gasteiger partial charge < -0.3 is 4.42 Å². The lowest BCUT2D eigenvalue weighted by Crippen LogP contribution is -2.12. The average Bonchev–Trinajstić information content (AvgIpc) is 2.84. The molecule has 0 unspecified atom stereocenters. The second-order valence-corrected chi connectivity index (χ2v) is 12.0. The minimum atomic E-state index is -3.95. The molecule has 0 N–H and O–H groups in total. The highest BCUT2D eigenvalue weighted by atomic mass is 32.2. The van der Waals surface area contributed by atoms with Crippen molar-refractivity contribution in [3.63, 3.8) is 0 Å². The molecular formula is C28H28O5S2. The van der Waals surface area contributed by atoms with Crippen LogP contribution in [0.25, 0.3) is 11.0 Å². The van der Waals surface area contributed by atoms with Crippen molar-refractivity contribution in [3.8, 4) is 0 Å². The van der Waals surface area contributed by atoms with Gasteiger partial charge in [-0.1, -0.05) is 87.1 Å². The normalized spacial score (nSPS) is 12.2. The van der Waals surface area contributed by atoms with E-state index in [9.17, 15) is 13.2 Å². The molecule has 0 fully saturated rings. The molecule has 0 atom stereocenters. The first-order valence-corrected chi connectivity index (χ1v) is 13.7. The van der Waals surface area contributed by atoms with Crippen LogP contribution in [0.5, 0.6) is 0 Å².